The number of aromatic nitrogens is 1. The van der Waals surface area contributed by atoms with Crippen molar-refractivity contribution in [2.75, 3.05) is 0 Å². The molecule has 0 saturated heterocycles. The number of aromatic amines is 1. The van der Waals surface area contributed by atoms with Crippen LogP contribution >= 0.6 is 0 Å². The lowest BCUT2D eigenvalue weighted by Crippen LogP contribution is -1.83. The zero-order chi connectivity index (χ0) is 8.72. The molecule has 2 N–H and O–H groups in total. The van der Waals surface area contributed by atoms with Gasteiger partial charge in [-0.25, -0.2) is 0 Å². The van der Waals surface area contributed by atoms with Gasteiger partial charge in [-0.2, -0.15) is 0 Å². The van der Waals surface area contributed by atoms with Crippen LogP contribution < -0.4 is 0 Å². The van der Waals surface area contributed by atoms with Crippen molar-refractivity contribution in [3.63, 3.8) is 0 Å². The molecule has 2 nitrogen and oxygen atoms in total. The Morgan fingerprint density at radius 1 is 1.25 bits per heavy atom. The number of fused-ring (bicyclic) bond motifs is 1. The fourth-order valence-corrected chi connectivity index (χ4v) is 1.46. The molecule has 0 aliphatic rings. The Balaban J connectivity index is 2.94. The molecular formula is C10H11NO. The van der Waals surface area contributed by atoms with E-state index in [1.807, 2.05) is 26.1 Å². The average molecular weight is 161 g/mol. The summed E-state index contributed by atoms with van der Waals surface area (Å²) < 4.78 is 0. The third kappa shape index (κ3) is 0.811. The molecule has 2 heteroatoms. The molecule has 0 radical (unpaired) electrons. The highest BCUT2D eigenvalue weighted by Crippen LogP contribution is 2.27. The van der Waals surface area contributed by atoms with Crippen LogP contribution in [0.1, 0.15) is 11.1 Å². The van der Waals surface area contributed by atoms with E-state index >= 15 is 0 Å². The van der Waals surface area contributed by atoms with Crippen LogP contribution in [0, 0.1) is 13.8 Å². The molecule has 0 spiro atoms. The molecular weight excluding hydrogens is 150 g/mol. The predicted octanol–water partition coefficient (Wildman–Crippen LogP) is 2.49. The van der Waals surface area contributed by atoms with Crippen LogP contribution in [0.15, 0.2) is 18.3 Å². The fraction of sp³-hybridized carbons (Fsp3) is 0.200. The summed E-state index contributed by atoms with van der Waals surface area (Å²) in [5.74, 6) is 0.375. The molecule has 0 bridgehead atoms. The van der Waals surface area contributed by atoms with E-state index in [4.69, 9.17) is 0 Å². The van der Waals surface area contributed by atoms with Crippen molar-refractivity contribution in [1.29, 1.82) is 0 Å². The van der Waals surface area contributed by atoms with Gasteiger partial charge in [-0.1, -0.05) is 0 Å². The summed E-state index contributed by atoms with van der Waals surface area (Å²) in [4.78, 5) is 3.14. The second kappa shape index (κ2) is 2.27. The first-order chi connectivity index (χ1) is 5.70. The highest BCUT2D eigenvalue weighted by Gasteiger charge is 2.05. The summed E-state index contributed by atoms with van der Waals surface area (Å²) >= 11 is 0. The van der Waals surface area contributed by atoms with E-state index in [0.29, 0.717) is 5.75 Å². The lowest BCUT2D eigenvalue weighted by Gasteiger charge is -2.03. The van der Waals surface area contributed by atoms with Crippen LogP contribution in [0.2, 0.25) is 0 Å². The third-order valence-corrected chi connectivity index (χ3v) is 2.39. The zero-order valence-corrected chi connectivity index (χ0v) is 7.18. The normalized spacial score (nSPS) is 10.8. The molecule has 1 aromatic carbocycles. The van der Waals surface area contributed by atoms with Gasteiger partial charge < -0.3 is 10.1 Å². The van der Waals surface area contributed by atoms with Gasteiger partial charge in [-0.15, -0.1) is 0 Å². The molecule has 0 saturated carbocycles. The minimum atomic E-state index is 0.375. The second-order valence-corrected chi connectivity index (χ2v) is 3.09. The predicted molar refractivity (Wildman–Crippen MR) is 49.4 cm³/mol. The Bertz CT molecular complexity index is 429. The lowest BCUT2D eigenvalue weighted by atomic mass is 10.1. The summed E-state index contributed by atoms with van der Waals surface area (Å²) in [6.07, 6.45) is 1.89. The van der Waals surface area contributed by atoms with Crippen molar-refractivity contribution in [3.8, 4) is 5.75 Å². The highest BCUT2D eigenvalue weighted by molar-refractivity contribution is 5.85. The first-order valence-corrected chi connectivity index (χ1v) is 3.96. The van der Waals surface area contributed by atoms with E-state index in [0.717, 1.165) is 22.0 Å². The Kier molecular flexibility index (Phi) is 1.37. The molecule has 0 atom stereocenters. The maximum atomic E-state index is 9.50. The van der Waals surface area contributed by atoms with Crippen molar-refractivity contribution in [2.24, 2.45) is 0 Å². The number of hydrogen-bond acceptors (Lipinski definition) is 1. The van der Waals surface area contributed by atoms with Crippen LogP contribution in [-0.4, -0.2) is 10.1 Å². The Morgan fingerprint density at radius 2 is 2.00 bits per heavy atom. The van der Waals surface area contributed by atoms with Gasteiger partial charge in [0.25, 0.3) is 0 Å². The van der Waals surface area contributed by atoms with Gasteiger partial charge in [0.2, 0.25) is 0 Å². The van der Waals surface area contributed by atoms with Crippen LogP contribution in [-0.2, 0) is 0 Å². The summed E-state index contributed by atoms with van der Waals surface area (Å²) in [7, 11) is 0. The molecule has 0 aliphatic heterocycles. The van der Waals surface area contributed by atoms with Gasteiger partial charge in [0.1, 0.15) is 5.75 Å². The molecule has 2 rings (SSSR count). The lowest BCUT2D eigenvalue weighted by molar-refractivity contribution is 0.471. The van der Waals surface area contributed by atoms with Crippen molar-refractivity contribution in [1.82, 2.24) is 4.98 Å². The summed E-state index contributed by atoms with van der Waals surface area (Å²) in [5, 5.41) is 10.6. The highest BCUT2D eigenvalue weighted by atomic mass is 16.3. The number of aryl methyl sites for hydroxylation is 1. The van der Waals surface area contributed by atoms with Gasteiger partial charge >= 0.3 is 0 Å². The minimum absolute atomic E-state index is 0.375. The molecule has 1 heterocycles. The maximum absolute atomic E-state index is 9.50. The molecule has 0 unspecified atom stereocenters. The topological polar surface area (TPSA) is 36.0 Å². The number of benzene rings is 1. The van der Waals surface area contributed by atoms with E-state index < -0.39 is 0 Å². The first-order valence-electron chi connectivity index (χ1n) is 3.96. The smallest absolute Gasteiger partial charge is 0.119 e. The number of aromatic hydroxyl groups is 1. The van der Waals surface area contributed by atoms with Gasteiger partial charge in [0, 0.05) is 17.1 Å². The second-order valence-electron chi connectivity index (χ2n) is 3.09. The van der Waals surface area contributed by atoms with E-state index in [-0.39, 0.29) is 0 Å². The molecule has 2 aromatic rings. The number of phenolic OH excluding ortho intramolecular Hbond substituents is 1. The Labute approximate surface area is 70.8 Å². The first kappa shape index (κ1) is 7.22. The minimum Gasteiger partial charge on any atom is -0.508 e. The largest absolute Gasteiger partial charge is 0.508 e. The molecule has 0 amide bonds. The molecule has 0 fully saturated rings. The van der Waals surface area contributed by atoms with Crippen LogP contribution in [0.25, 0.3) is 10.9 Å². The van der Waals surface area contributed by atoms with Crippen molar-refractivity contribution in [3.05, 3.63) is 29.5 Å². The van der Waals surface area contributed by atoms with Crippen molar-refractivity contribution < 1.29 is 5.11 Å². The summed E-state index contributed by atoms with van der Waals surface area (Å²) in [6, 6.07) is 3.75. The molecule has 12 heavy (non-hydrogen) atoms. The summed E-state index contributed by atoms with van der Waals surface area (Å²) in [6.45, 7) is 3.93. The number of rotatable bonds is 0. The zero-order valence-electron chi connectivity index (χ0n) is 7.18. The van der Waals surface area contributed by atoms with Crippen LogP contribution in [0.4, 0.5) is 0 Å². The Hall–Kier alpha value is -1.44. The number of phenols is 1. The maximum Gasteiger partial charge on any atom is 0.119 e. The molecule has 1 aromatic heterocycles. The fourth-order valence-electron chi connectivity index (χ4n) is 1.46. The average Bonchev–Trinajstić information content (AvgIpc) is 2.48. The molecule has 62 valence electrons. The standard InChI is InChI=1S/C10H11NO/c1-6-7(2)10-8(3-4-11-10)5-9(6)12/h3-5,11-12H,1-2H3. The van der Waals surface area contributed by atoms with E-state index in [9.17, 15) is 5.11 Å². The SMILES string of the molecule is Cc1c(O)cc2cc[nH]c2c1C. The quantitative estimate of drug-likeness (QED) is 0.611. The monoisotopic (exact) mass is 161 g/mol. The molecule has 0 aliphatic carbocycles. The van der Waals surface area contributed by atoms with E-state index in [1.165, 1.54) is 0 Å². The van der Waals surface area contributed by atoms with E-state index in [1.54, 1.807) is 6.07 Å². The number of nitrogens with one attached hydrogen (secondary N) is 1. The van der Waals surface area contributed by atoms with Gasteiger partial charge in [0.15, 0.2) is 0 Å². The van der Waals surface area contributed by atoms with Gasteiger partial charge in [0.05, 0.1) is 0 Å². The van der Waals surface area contributed by atoms with Crippen LogP contribution in [0.5, 0.6) is 5.75 Å². The van der Waals surface area contributed by atoms with Crippen molar-refractivity contribution >= 4 is 10.9 Å². The number of H-pyrrole nitrogens is 1. The number of hydrogen-bond donors (Lipinski definition) is 2. The van der Waals surface area contributed by atoms with Crippen LogP contribution in [0.3, 0.4) is 0 Å². The van der Waals surface area contributed by atoms with Gasteiger partial charge in [-0.3, -0.25) is 0 Å². The van der Waals surface area contributed by atoms with Crippen molar-refractivity contribution in [2.45, 2.75) is 13.8 Å². The van der Waals surface area contributed by atoms with E-state index in [2.05, 4.69) is 4.98 Å². The third-order valence-electron chi connectivity index (χ3n) is 2.39. The Morgan fingerprint density at radius 3 is 2.75 bits per heavy atom. The van der Waals surface area contributed by atoms with Gasteiger partial charge in [-0.05, 0) is 37.1 Å². The summed E-state index contributed by atoms with van der Waals surface area (Å²) in [5.41, 5.74) is 3.19.